The highest BCUT2D eigenvalue weighted by atomic mass is 16.5. The second kappa shape index (κ2) is 11.5. The van der Waals surface area contributed by atoms with Crippen molar-refractivity contribution in [2.24, 2.45) is 5.92 Å². The minimum atomic E-state index is -0.912. The molecule has 1 amide bonds. The predicted octanol–water partition coefficient (Wildman–Crippen LogP) is 5.68. The molecule has 2 N–H and O–H groups in total. The van der Waals surface area contributed by atoms with Gasteiger partial charge in [0.25, 0.3) is 0 Å². The van der Waals surface area contributed by atoms with Gasteiger partial charge in [0.05, 0.1) is 12.2 Å². The van der Waals surface area contributed by atoms with Gasteiger partial charge in [0.1, 0.15) is 24.4 Å². The molecule has 0 radical (unpaired) electrons. The fourth-order valence-corrected chi connectivity index (χ4v) is 5.33. The molecule has 6 heteroatoms. The first kappa shape index (κ1) is 26.2. The third-order valence-electron chi connectivity index (χ3n) is 7.58. The summed E-state index contributed by atoms with van der Waals surface area (Å²) in [6, 6.07) is 14.4. The van der Waals surface area contributed by atoms with E-state index in [2.05, 4.69) is 50.4 Å². The quantitative estimate of drug-likeness (QED) is 0.496. The first-order chi connectivity index (χ1) is 17.2. The molecule has 0 aromatic heterocycles. The van der Waals surface area contributed by atoms with Crippen LogP contribution in [0.25, 0.3) is 0 Å². The van der Waals surface area contributed by atoms with Crippen molar-refractivity contribution in [3.8, 4) is 5.75 Å². The van der Waals surface area contributed by atoms with E-state index in [4.69, 9.17) is 4.74 Å². The van der Waals surface area contributed by atoms with Gasteiger partial charge in [0.2, 0.25) is 5.91 Å². The average Bonchev–Trinajstić information content (AvgIpc) is 2.99. The molecule has 0 saturated heterocycles. The number of amides is 1. The van der Waals surface area contributed by atoms with Gasteiger partial charge in [0, 0.05) is 0 Å². The first-order valence-corrected chi connectivity index (χ1v) is 13.3. The maximum absolute atomic E-state index is 13.8. The highest BCUT2D eigenvalue weighted by molar-refractivity contribution is 5.99. The number of ether oxygens (including phenoxy) is 1. The predicted molar refractivity (Wildman–Crippen MR) is 142 cm³/mol. The molecule has 0 unspecified atom stereocenters. The Labute approximate surface area is 215 Å². The summed E-state index contributed by atoms with van der Waals surface area (Å²) in [4.78, 5) is 27.6. The third-order valence-corrected chi connectivity index (χ3v) is 7.58. The maximum atomic E-state index is 13.8. The number of carbonyl (C=O) groups excluding carboxylic acids is 1. The number of para-hydroxylation sites is 2. The van der Waals surface area contributed by atoms with E-state index in [9.17, 15) is 14.7 Å². The van der Waals surface area contributed by atoms with Crippen LogP contribution in [0, 0.1) is 5.92 Å². The average molecular weight is 493 g/mol. The molecule has 1 aliphatic carbocycles. The van der Waals surface area contributed by atoms with Crippen LogP contribution in [0.15, 0.2) is 48.5 Å². The van der Waals surface area contributed by atoms with Crippen LogP contribution in [0.3, 0.4) is 0 Å². The SMILES string of the molecule is CC(C)(C)c1ccc(CN2C(=O)[C@@H](N[C@@H](CCC3CCCCC3)C(=O)O)COc3ccccc32)cc1. The number of rotatable bonds is 8. The van der Waals surface area contributed by atoms with Gasteiger partial charge in [-0.15, -0.1) is 0 Å². The Morgan fingerprint density at radius 2 is 1.78 bits per heavy atom. The van der Waals surface area contributed by atoms with Crippen LogP contribution in [-0.2, 0) is 21.5 Å². The summed E-state index contributed by atoms with van der Waals surface area (Å²) < 4.78 is 6.02. The maximum Gasteiger partial charge on any atom is 0.320 e. The summed E-state index contributed by atoms with van der Waals surface area (Å²) in [5, 5.41) is 13.1. The van der Waals surface area contributed by atoms with Crippen molar-refractivity contribution in [3.63, 3.8) is 0 Å². The summed E-state index contributed by atoms with van der Waals surface area (Å²) in [7, 11) is 0. The van der Waals surface area contributed by atoms with Crippen LogP contribution in [0.1, 0.15) is 76.8 Å². The molecule has 2 aliphatic rings. The van der Waals surface area contributed by atoms with E-state index < -0.39 is 18.1 Å². The van der Waals surface area contributed by atoms with Crippen molar-refractivity contribution >= 4 is 17.6 Å². The van der Waals surface area contributed by atoms with Crippen molar-refractivity contribution in [2.45, 2.75) is 89.8 Å². The Hall–Kier alpha value is -2.86. The van der Waals surface area contributed by atoms with E-state index in [1.807, 2.05) is 24.3 Å². The molecule has 2 aromatic rings. The number of nitrogens with one attached hydrogen (secondary N) is 1. The second-order valence-corrected chi connectivity index (χ2v) is 11.3. The normalized spacial score (nSPS) is 19.8. The van der Waals surface area contributed by atoms with Crippen molar-refractivity contribution < 1.29 is 19.4 Å². The largest absolute Gasteiger partial charge is 0.489 e. The molecule has 1 aliphatic heterocycles. The number of hydrogen-bond donors (Lipinski definition) is 2. The molecule has 2 atom stereocenters. The molecule has 2 aromatic carbocycles. The summed E-state index contributed by atoms with van der Waals surface area (Å²) in [6.45, 7) is 7.02. The lowest BCUT2D eigenvalue weighted by atomic mass is 9.85. The Morgan fingerprint density at radius 3 is 2.44 bits per heavy atom. The minimum absolute atomic E-state index is 0.0515. The smallest absolute Gasteiger partial charge is 0.320 e. The van der Waals surface area contributed by atoms with Gasteiger partial charge in [-0.1, -0.05) is 89.3 Å². The van der Waals surface area contributed by atoms with Crippen LogP contribution in [-0.4, -0.2) is 35.7 Å². The highest BCUT2D eigenvalue weighted by Gasteiger charge is 2.34. The molecule has 1 saturated carbocycles. The summed E-state index contributed by atoms with van der Waals surface area (Å²) in [5.74, 6) is 0.143. The number of carboxylic acids is 1. The molecule has 1 heterocycles. The van der Waals surface area contributed by atoms with Crippen LogP contribution in [0.4, 0.5) is 5.69 Å². The molecule has 4 rings (SSSR count). The Morgan fingerprint density at radius 1 is 1.08 bits per heavy atom. The number of carbonyl (C=O) groups is 2. The monoisotopic (exact) mass is 492 g/mol. The van der Waals surface area contributed by atoms with E-state index in [0.29, 0.717) is 30.3 Å². The zero-order valence-corrected chi connectivity index (χ0v) is 21.8. The van der Waals surface area contributed by atoms with E-state index in [0.717, 1.165) is 12.0 Å². The molecule has 6 nitrogen and oxygen atoms in total. The number of benzene rings is 2. The lowest BCUT2D eigenvalue weighted by Gasteiger charge is -2.28. The van der Waals surface area contributed by atoms with Gasteiger partial charge in [0.15, 0.2) is 0 Å². The van der Waals surface area contributed by atoms with Gasteiger partial charge >= 0.3 is 5.97 Å². The lowest BCUT2D eigenvalue weighted by Crippen LogP contribution is -2.53. The van der Waals surface area contributed by atoms with Gasteiger partial charge in [-0.2, -0.15) is 0 Å². The molecule has 0 bridgehead atoms. The molecule has 1 fully saturated rings. The number of aliphatic carboxylic acids is 1. The van der Waals surface area contributed by atoms with Gasteiger partial charge in [-0.05, 0) is 47.4 Å². The van der Waals surface area contributed by atoms with Crippen molar-refractivity contribution in [2.75, 3.05) is 11.5 Å². The lowest BCUT2D eigenvalue weighted by molar-refractivity contribution is -0.140. The zero-order valence-electron chi connectivity index (χ0n) is 21.8. The Kier molecular flexibility index (Phi) is 8.35. The molecule has 194 valence electrons. The fraction of sp³-hybridized carbons (Fsp3) is 0.533. The molecule has 36 heavy (non-hydrogen) atoms. The van der Waals surface area contributed by atoms with Crippen LogP contribution < -0.4 is 15.0 Å². The van der Waals surface area contributed by atoms with Gasteiger partial charge < -0.3 is 14.7 Å². The molecule has 0 spiro atoms. The van der Waals surface area contributed by atoms with E-state index in [1.54, 1.807) is 4.90 Å². The van der Waals surface area contributed by atoms with Crippen LogP contribution >= 0.6 is 0 Å². The van der Waals surface area contributed by atoms with Crippen molar-refractivity contribution in [3.05, 3.63) is 59.7 Å². The topological polar surface area (TPSA) is 78.9 Å². The summed E-state index contributed by atoms with van der Waals surface area (Å²) >= 11 is 0. The number of nitrogens with zero attached hydrogens (tertiary/aromatic N) is 1. The third kappa shape index (κ3) is 6.47. The Bertz CT molecular complexity index is 1040. The van der Waals surface area contributed by atoms with Gasteiger partial charge in [-0.25, -0.2) is 0 Å². The van der Waals surface area contributed by atoms with Crippen LogP contribution in [0.2, 0.25) is 0 Å². The fourth-order valence-electron chi connectivity index (χ4n) is 5.33. The van der Waals surface area contributed by atoms with Crippen molar-refractivity contribution in [1.82, 2.24) is 5.32 Å². The second-order valence-electron chi connectivity index (χ2n) is 11.3. The van der Waals surface area contributed by atoms with Crippen molar-refractivity contribution in [1.29, 1.82) is 0 Å². The van der Waals surface area contributed by atoms with Crippen LogP contribution in [0.5, 0.6) is 5.75 Å². The number of carboxylic acid groups (broad SMARTS) is 1. The number of fused-ring (bicyclic) bond motifs is 1. The number of anilines is 1. The molecular weight excluding hydrogens is 452 g/mol. The Balaban J connectivity index is 1.51. The van der Waals surface area contributed by atoms with Gasteiger partial charge in [-0.3, -0.25) is 14.9 Å². The van der Waals surface area contributed by atoms with E-state index in [-0.39, 0.29) is 17.9 Å². The van der Waals surface area contributed by atoms with E-state index in [1.165, 1.54) is 37.7 Å². The highest BCUT2D eigenvalue weighted by Crippen LogP contribution is 2.33. The first-order valence-electron chi connectivity index (χ1n) is 13.3. The molecular formula is C30H40N2O4. The number of hydrogen-bond acceptors (Lipinski definition) is 4. The minimum Gasteiger partial charge on any atom is -0.489 e. The zero-order chi connectivity index (χ0) is 25.7. The van der Waals surface area contributed by atoms with E-state index >= 15 is 0 Å². The summed E-state index contributed by atoms with van der Waals surface area (Å²) in [5.41, 5.74) is 3.01. The summed E-state index contributed by atoms with van der Waals surface area (Å²) in [6.07, 6.45) is 7.48. The standard InChI is InChI=1S/C30H40N2O4/c1-30(2,3)23-16-13-22(14-17-23)19-32-26-11-7-8-12-27(26)36-20-25(28(32)33)31-24(29(34)35)18-15-21-9-5-4-6-10-21/h7-8,11-14,16-17,21,24-25,31H,4-6,9-10,15,18-20H2,1-3H3,(H,34,35)/t24-,25-/m0/s1.